The minimum absolute atomic E-state index is 0.123. The van der Waals surface area contributed by atoms with Crippen LogP contribution < -0.4 is 10.2 Å². The van der Waals surface area contributed by atoms with Crippen molar-refractivity contribution in [2.45, 2.75) is 24.9 Å². The minimum Gasteiger partial charge on any atom is -0.372 e. The highest BCUT2D eigenvalue weighted by molar-refractivity contribution is 7.99. The number of aromatic nitrogens is 3. The molecule has 6 nitrogen and oxygen atoms in total. The van der Waals surface area contributed by atoms with Crippen molar-refractivity contribution in [3.05, 3.63) is 84.2 Å². The fourth-order valence-corrected chi connectivity index (χ4v) is 4.99. The van der Waals surface area contributed by atoms with Gasteiger partial charge < -0.3 is 10.2 Å². The number of halogens is 1. The highest BCUT2D eigenvalue weighted by Crippen LogP contribution is 2.29. The van der Waals surface area contributed by atoms with Crippen molar-refractivity contribution in [3.63, 3.8) is 0 Å². The summed E-state index contributed by atoms with van der Waals surface area (Å²) >= 11 is 1.29. The van der Waals surface area contributed by atoms with Crippen LogP contribution in [0.4, 0.5) is 15.8 Å². The molecule has 0 radical (unpaired) electrons. The largest absolute Gasteiger partial charge is 0.372 e. The summed E-state index contributed by atoms with van der Waals surface area (Å²) in [6, 6.07) is 22.0. The number of rotatable bonds is 7. The number of aryl methyl sites for hydroxylation is 1. The lowest BCUT2D eigenvalue weighted by molar-refractivity contribution is -0.113. The van der Waals surface area contributed by atoms with Crippen molar-refractivity contribution in [2.75, 3.05) is 29.1 Å². The molecule has 0 bridgehead atoms. The van der Waals surface area contributed by atoms with Crippen LogP contribution in [0.1, 0.15) is 18.4 Å². The molecule has 0 spiro atoms. The topological polar surface area (TPSA) is 63.1 Å². The van der Waals surface area contributed by atoms with E-state index in [4.69, 9.17) is 0 Å². The fraction of sp³-hybridized carbons (Fsp3) is 0.222. The number of carbonyl (C=O) groups excluding carboxylic acids is 1. The highest BCUT2D eigenvalue weighted by Gasteiger charge is 2.18. The molecule has 35 heavy (non-hydrogen) atoms. The summed E-state index contributed by atoms with van der Waals surface area (Å²) in [7, 11) is 0. The summed E-state index contributed by atoms with van der Waals surface area (Å²) in [6.45, 7) is 4.18. The molecule has 0 unspecified atom stereocenters. The van der Waals surface area contributed by atoms with Crippen LogP contribution in [0.5, 0.6) is 0 Å². The first-order valence-corrected chi connectivity index (χ1v) is 12.6. The van der Waals surface area contributed by atoms with Crippen molar-refractivity contribution < 1.29 is 9.18 Å². The Balaban J connectivity index is 1.32. The molecule has 1 amide bonds. The maximum absolute atomic E-state index is 13.6. The second-order valence-corrected chi connectivity index (χ2v) is 9.46. The second kappa shape index (κ2) is 10.3. The Bertz CT molecular complexity index is 1320. The molecule has 2 heterocycles. The van der Waals surface area contributed by atoms with Gasteiger partial charge in [-0.3, -0.25) is 9.36 Å². The SMILES string of the molecule is Cc1cc(N2CCCC2)ccc1NC(=O)CSc1nnc(-c2ccccc2)n1-c1ccc(F)cc1. The molecule has 1 aliphatic heterocycles. The number of nitrogens with zero attached hydrogens (tertiary/aromatic N) is 4. The number of nitrogens with one attached hydrogen (secondary N) is 1. The molecule has 1 aliphatic rings. The summed E-state index contributed by atoms with van der Waals surface area (Å²) in [5.74, 6) is 0.361. The van der Waals surface area contributed by atoms with Crippen LogP contribution >= 0.6 is 11.8 Å². The molecule has 178 valence electrons. The van der Waals surface area contributed by atoms with Crippen LogP contribution in [0.25, 0.3) is 17.1 Å². The molecule has 3 aromatic carbocycles. The molecular formula is C27H26FN5OS. The minimum atomic E-state index is -0.317. The Morgan fingerprint density at radius 1 is 0.971 bits per heavy atom. The van der Waals surface area contributed by atoms with Crippen LogP contribution in [0, 0.1) is 12.7 Å². The average molecular weight is 488 g/mol. The van der Waals surface area contributed by atoms with Gasteiger partial charge >= 0.3 is 0 Å². The van der Waals surface area contributed by atoms with E-state index in [1.807, 2.05) is 47.9 Å². The first kappa shape index (κ1) is 23.1. The van der Waals surface area contributed by atoms with E-state index in [1.54, 1.807) is 12.1 Å². The normalized spacial score (nSPS) is 13.3. The number of hydrogen-bond donors (Lipinski definition) is 1. The van der Waals surface area contributed by atoms with E-state index >= 15 is 0 Å². The van der Waals surface area contributed by atoms with Gasteiger partial charge in [-0.25, -0.2) is 4.39 Å². The third kappa shape index (κ3) is 5.22. The van der Waals surface area contributed by atoms with Crippen LogP contribution in [0.2, 0.25) is 0 Å². The van der Waals surface area contributed by atoms with Crippen molar-refractivity contribution >= 4 is 29.0 Å². The first-order chi connectivity index (χ1) is 17.1. The molecular weight excluding hydrogens is 461 g/mol. The van der Waals surface area contributed by atoms with E-state index < -0.39 is 0 Å². The summed E-state index contributed by atoms with van der Waals surface area (Å²) in [4.78, 5) is 15.2. The Kier molecular flexibility index (Phi) is 6.81. The Hall–Kier alpha value is -3.65. The summed E-state index contributed by atoms with van der Waals surface area (Å²) in [5, 5.41) is 12.3. The number of benzene rings is 3. The van der Waals surface area contributed by atoms with Crippen molar-refractivity contribution in [2.24, 2.45) is 0 Å². The van der Waals surface area contributed by atoms with Gasteiger partial charge in [0.2, 0.25) is 5.91 Å². The van der Waals surface area contributed by atoms with Gasteiger partial charge in [-0.15, -0.1) is 10.2 Å². The second-order valence-electron chi connectivity index (χ2n) is 8.51. The van der Waals surface area contributed by atoms with E-state index in [-0.39, 0.29) is 17.5 Å². The molecule has 5 rings (SSSR count). The third-order valence-corrected chi connectivity index (χ3v) is 6.97. The zero-order valence-corrected chi connectivity index (χ0v) is 20.3. The molecule has 1 fully saturated rings. The van der Waals surface area contributed by atoms with Crippen LogP contribution in [0.3, 0.4) is 0 Å². The monoisotopic (exact) mass is 487 g/mol. The Morgan fingerprint density at radius 3 is 2.40 bits per heavy atom. The number of carbonyl (C=O) groups is 1. The van der Waals surface area contributed by atoms with Gasteiger partial charge in [0.15, 0.2) is 11.0 Å². The molecule has 1 aromatic heterocycles. The first-order valence-electron chi connectivity index (χ1n) is 11.6. The van der Waals surface area contributed by atoms with Crippen LogP contribution in [0.15, 0.2) is 78.0 Å². The highest BCUT2D eigenvalue weighted by atomic mass is 32.2. The smallest absolute Gasteiger partial charge is 0.234 e. The standard InChI is InChI=1S/C27H26FN5OS/c1-19-17-23(32-15-5-6-16-32)13-14-24(19)29-25(34)18-35-27-31-30-26(20-7-3-2-4-8-20)33(27)22-11-9-21(28)10-12-22/h2-4,7-14,17H,5-6,15-16,18H2,1H3,(H,29,34). The molecule has 4 aromatic rings. The van der Waals surface area contributed by atoms with Gasteiger partial charge in [-0.1, -0.05) is 42.1 Å². The molecule has 0 atom stereocenters. The maximum Gasteiger partial charge on any atom is 0.234 e. The number of thioether (sulfide) groups is 1. The van der Waals surface area contributed by atoms with Crippen molar-refractivity contribution in [3.8, 4) is 17.1 Å². The quantitative estimate of drug-likeness (QED) is 0.338. The summed E-state index contributed by atoms with van der Waals surface area (Å²) in [6.07, 6.45) is 2.45. The van der Waals surface area contributed by atoms with E-state index in [0.29, 0.717) is 11.0 Å². The van der Waals surface area contributed by atoms with Gasteiger partial charge in [0.1, 0.15) is 5.82 Å². The average Bonchev–Trinajstić information content (AvgIpc) is 3.56. The fourth-order valence-electron chi connectivity index (χ4n) is 4.24. The predicted molar refractivity (Wildman–Crippen MR) is 139 cm³/mol. The molecule has 1 saturated heterocycles. The summed E-state index contributed by atoms with van der Waals surface area (Å²) < 4.78 is 15.4. The maximum atomic E-state index is 13.6. The van der Waals surface area contributed by atoms with E-state index in [0.717, 1.165) is 35.6 Å². The van der Waals surface area contributed by atoms with Gasteiger partial charge in [0, 0.05) is 35.7 Å². The van der Waals surface area contributed by atoms with E-state index in [2.05, 4.69) is 32.5 Å². The zero-order valence-electron chi connectivity index (χ0n) is 19.4. The lowest BCUT2D eigenvalue weighted by Crippen LogP contribution is -2.18. The van der Waals surface area contributed by atoms with Crippen LogP contribution in [-0.2, 0) is 4.79 Å². The lowest BCUT2D eigenvalue weighted by Gasteiger charge is -2.19. The van der Waals surface area contributed by atoms with Gasteiger partial charge in [-0.05, 0) is 67.8 Å². The predicted octanol–water partition coefficient (Wildman–Crippen LogP) is 5.71. The van der Waals surface area contributed by atoms with E-state index in [1.165, 1.54) is 42.4 Å². The zero-order chi connectivity index (χ0) is 24.2. The molecule has 8 heteroatoms. The molecule has 1 N–H and O–H groups in total. The molecule has 0 aliphatic carbocycles. The lowest BCUT2D eigenvalue weighted by atomic mass is 10.1. The Morgan fingerprint density at radius 2 is 1.69 bits per heavy atom. The van der Waals surface area contributed by atoms with Gasteiger partial charge in [0.05, 0.1) is 5.75 Å². The van der Waals surface area contributed by atoms with Crippen molar-refractivity contribution in [1.29, 1.82) is 0 Å². The Labute approximate surface area is 208 Å². The van der Waals surface area contributed by atoms with Gasteiger partial charge in [-0.2, -0.15) is 0 Å². The number of anilines is 2. The number of hydrogen-bond acceptors (Lipinski definition) is 5. The van der Waals surface area contributed by atoms with E-state index in [9.17, 15) is 9.18 Å². The number of amides is 1. The third-order valence-electron chi connectivity index (χ3n) is 6.04. The summed E-state index contributed by atoms with van der Waals surface area (Å²) in [5.41, 5.74) is 4.66. The van der Waals surface area contributed by atoms with Crippen molar-refractivity contribution in [1.82, 2.24) is 14.8 Å². The van der Waals surface area contributed by atoms with Crippen LogP contribution in [-0.4, -0.2) is 39.5 Å². The molecule has 0 saturated carbocycles. The van der Waals surface area contributed by atoms with Gasteiger partial charge in [0.25, 0.3) is 0 Å².